The van der Waals surface area contributed by atoms with Crippen LogP contribution in [0.2, 0.25) is 0 Å². The molecule has 1 fully saturated rings. The maximum absolute atomic E-state index is 12.7. The second kappa shape index (κ2) is 7.77. The van der Waals surface area contributed by atoms with Crippen molar-refractivity contribution in [1.29, 1.82) is 0 Å². The Balaban J connectivity index is 1.55. The first-order valence-corrected chi connectivity index (χ1v) is 9.67. The number of benzene rings is 1. The van der Waals surface area contributed by atoms with Crippen molar-refractivity contribution in [2.75, 3.05) is 13.2 Å². The summed E-state index contributed by atoms with van der Waals surface area (Å²) in [4.78, 5) is 24.8. The molecule has 0 aliphatic heterocycles. The van der Waals surface area contributed by atoms with Gasteiger partial charge in [0.25, 0.3) is 5.91 Å². The molecule has 1 aliphatic rings. The van der Waals surface area contributed by atoms with Crippen LogP contribution in [0.5, 0.6) is 0 Å². The number of rotatable bonds is 7. The van der Waals surface area contributed by atoms with E-state index in [1.54, 1.807) is 18.5 Å². The zero-order valence-electron chi connectivity index (χ0n) is 16.2. The molecular weight excluding hydrogens is 368 g/mol. The molecule has 7 heteroatoms. The van der Waals surface area contributed by atoms with E-state index >= 15 is 0 Å². The summed E-state index contributed by atoms with van der Waals surface area (Å²) in [5.41, 5.74) is 3.33. The molecule has 1 aromatic carbocycles. The van der Waals surface area contributed by atoms with Gasteiger partial charge in [-0.15, -0.1) is 0 Å². The largest absolute Gasteiger partial charge is 0.395 e. The molecule has 3 aromatic rings. The molecule has 4 rings (SSSR count). The van der Waals surface area contributed by atoms with E-state index < -0.39 is 6.04 Å². The third-order valence-electron chi connectivity index (χ3n) is 5.49. The first-order valence-electron chi connectivity index (χ1n) is 9.67. The average molecular weight is 392 g/mol. The summed E-state index contributed by atoms with van der Waals surface area (Å²) in [6, 6.07) is 10.6. The molecule has 150 valence electrons. The number of carbonyl (C=O) groups excluding carboxylic acids is 1. The minimum atomic E-state index is -0.484. The molecule has 0 saturated heterocycles. The number of aromatic amines is 1. The lowest BCUT2D eigenvalue weighted by molar-refractivity contribution is 0.0911. The molecular formula is C22H24N4O3. The van der Waals surface area contributed by atoms with Crippen LogP contribution in [0.15, 0.2) is 48.8 Å². The standard InChI is InChI=1S/C22H24N4O3/c1-14-10-24-21(22(13-28)7-8-22)26-19(14)16-9-17(23-11-16)20(29)25-18(12-27)15-5-3-2-4-6-15/h2-6,9-11,18,23,27-28H,7-8,12-13H2,1H3,(H,25,29)/t18-/m1/s1. The summed E-state index contributed by atoms with van der Waals surface area (Å²) in [7, 11) is 0. The lowest BCUT2D eigenvalue weighted by atomic mass is 10.1. The Kier molecular flexibility index (Phi) is 5.17. The number of nitrogens with zero attached hydrogens (tertiary/aromatic N) is 2. The summed E-state index contributed by atoms with van der Waals surface area (Å²) in [5, 5.41) is 22.2. The quantitative estimate of drug-likeness (QED) is 0.493. The minimum absolute atomic E-state index is 0.0400. The highest BCUT2D eigenvalue weighted by molar-refractivity contribution is 5.94. The number of aliphatic hydroxyl groups is 2. The fourth-order valence-electron chi connectivity index (χ4n) is 3.41. The summed E-state index contributed by atoms with van der Waals surface area (Å²) >= 11 is 0. The highest BCUT2D eigenvalue weighted by atomic mass is 16.3. The lowest BCUT2D eigenvalue weighted by Crippen LogP contribution is -2.30. The number of aromatic nitrogens is 3. The van der Waals surface area contributed by atoms with Gasteiger partial charge in [0, 0.05) is 18.0 Å². The predicted octanol–water partition coefficient (Wildman–Crippen LogP) is 2.27. The van der Waals surface area contributed by atoms with Gasteiger partial charge >= 0.3 is 0 Å². The Morgan fingerprint density at radius 1 is 1.28 bits per heavy atom. The van der Waals surface area contributed by atoms with Gasteiger partial charge in [0.15, 0.2) is 0 Å². The monoisotopic (exact) mass is 392 g/mol. The van der Waals surface area contributed by atoms with Crippen molar-refractivity contribution < 1.29 is 15.0 Å². The second-order valence-corrected chi connectivity index (χ2v) is 7.59. The smallest absolute Gasteiger partial charge is 0.268 e. The van der Waals surface area contributed by atoms with Crippen molar-refractivity contribution in [2.24, 2.45) is 0 Å². The molecule has 0 unspecified atom stereocenters. The van der Waals surface area contributed by atoms with Gasteiger partial charge in [0.1, 0.15) is 11.5 Å². The molecule has 1 atom stereocenters. The van der Waals surface area contributed by atoms with Crippen LogP contribution < -0.4 is 5.32 Å². The summed E-state index contributed by atoms with van der Waals surface area (Å²) in [6.45, 7) is 1.76. The van der Waals surface area contributed by atoms with Crippen LogP contribution in [0.3, 0.4) is 0 Å². The Hall–Kier alpha value is -3.03. The Morgan fingerprint density at radius 3 is 2.69 bits per heavy atom. The average Bonchev–Trinajstić information content (AvgIpc) is 3.41. The van der Waals surface area contributed by atoms with Crippen LogP contribution in [0.1, 0.15) is 46.3 Å². The highest BCUT2D eigenvalue weighted by Gasteiger charge is 2.46. The molecule has 0 spiro atoms. The number of amides is 1. The molecule has 4 N–H and O–H groups in total. The first-order chi connectivity index (χ1) is 14.1. The van der Waals surface area contributed by atoms with Crippen molar-refractivity contribution in [1.82, 2.24) is 20.3 Å². The van der Waals surface area contributed by atoms with E-state index in [4.69, 9.17) is 0 Å². The van der Waals surface area contributed by atoms with Gasteiger partial charge < -0.3 is 20.5 Å². The molecule has 1 saturated carbocycles. The number of nitrogens with one attached hydrogen (secondary N) is 2. The Morgan fingerprint density at radius 2 is 2.03 bits per heavy atom. The van der Waals surface area contributed by atoms with Crippen LogP contribution in [0.4, 0.5) is 0 Å². The van der Waals surface area contributed by atoms with Crippen LogP contribution in [-0.4, -0.2) is 44.3 Å². The molecule has 2 heterocycles. The molecule has 1 amide bonds. The Labute approximate surface area is 168 Å². The number of carbonyl (C=O) groups is 1. The van der Waals surface area contributed by atoms with E-state index in [1.807, 2.05) is 37.3 Å². The highest BCUT2D eigenvalue weighted by Crippen LogP contribution is 2.46. The number of aliphatic hydroxyl groups excluding tert-OH is 2. The SMILES string of the molecule is Cc1cnc(C2(CO)CC2)nc1-c1c[nH]c(C(=O)N[C@H](CO)c2ccccc2)c1. The molecule has 0 bridgehead atoms. The fourth-order valence-corrected chi connectivity index (χ4v) is 3.41. The molecule has 0 radical (unpaired) electrons. The van der Waals surface area contributed by atoms with Crippen LogP contribution in [0, 0.1) is 6.92 Å². The van der Waals surface area contributed by atoms with Crippen molar-refractivity contribution in [2.45, 2.75) is 31.2 Å². The molecule has 29 heavy (non-hydrogen) atoms. The Bertz CT molecular complexity index is 1010. The van der Waals surface area contributed by atoms with Gasteiger partial charge in [-0.2, -0.15) is 0 Å². The van der Waals surface area contributed by atoms with E-state index in [0.717, 1.165) is 35.2 Å². The summed E-state index contributed by atoms with van der Waals surface area (Å²) in [5.74, 6) is 0.345. The van der Waals surface area contributed by atoms with Gasteiger partial charge in [-0.1, -0.05) is 30.3 Å². The van der Waals surface area contributed by atoms with Crippen LogP contribution in [-0.2, 0) is 5.41 Å². The predicted molar refractivity (Wildman–Crippen MR) is 108 cm³/mol. The number of H-pyrrole nitrogens is 1. The van der Waals surface area contributed by atoms with Crippen molar-refractivity contribution in [3.63, 3.8) is 0 Å². The number of hydrogen-bond acceptors (Lipinski definition) is 5. The third-order valence-corrected chi connectivity index (χ3v) is 5.49. The first kappa shape index (κ1) is 19.3. The lowest BCUT2D eigenvalue weighted by Gasteiger charge is -2.16. The fraction of sp³-hybridized carbons (Fsp3) is 0.318. The van der Waals surface area contributed by atoms with E-state index in [-0.39, 0.29) is 24.5 Å². The van der Waals surface area contributed by atoms with Gasteiger partial charge in [-0.25, -0.2) is 9.97 Å². The molecule has 1 aliphatic carbocycles. The van der Waals surface area contributed by atoms with E-state index in [2.05, 4.69) is 20.3 Å². The normalized spacial score (nSPS) is 15.7. The van der Waals surface area contributed by atoms with E-state index in [0.29, 0.717) is 11.5 Å². The van der Waals surface area contributed by atoms with Crippen molar-refractivity contribution in [3.8, 4) is 11.3 Å². The number of aryl methyl sites for hydroxylation is 1. The zero-order valence-corrected chi connectivity index (χ0v) is 16.2. The van der Waals surface area contributed by atoms with Crippen LogP contribution in [0.25, 0.3) is 11.3 Å². The van der Waals surface area contributed by atoms with Crippen molar-refractivity contribution >= 4 is 5.91 Å². The third kappa shape index (κ3) is 3.79. The number of hydrogen-bond donors (Lipinski definition) is 4. The van der Waals surface area contributed by atoms with Crippen LogP contribution >= 0.6 is 0 Å². The second-order valence-electron chi connectivity index (χ2n) is 7.59. The topological polar surface area (TPSA) is 111 Å². The molecule has 7 nitrogen and oxygen atoms in total. The van der Waals surface area contributed by atoms with Gasteiger partial charge in [-0.3, -0.25) is 4.79 Å². The van der Waals surface area contributed by atoms with E-state index in [9.17, 15) is 15.0 Å². The summed E-state index contributed by atoms with van der Waals surface area (Å²) < 4.78 is 0. The maximum Gasteiger partial charge on any atom is 0.268 e. The van der Waals surface area contributed by atoms with Gasteiger partial charge in [0.05, 0.1) is 30.4 Å². The minimum Gasteiger partial charge on any atom is -0.395 e. The zero-order chi connectivity index (χ0) is 20.4. The maximum atomic E-state index is 12.7. The van der Waals surface area contributed by atoms with Crippen molar-refractivity contribution in [3.05, 3.63) is 71.4 Å². The molecule has 2 aromatic heterocycles. The van der Waals surface area contributed by atoms with E-state index in [1.165, 1.54) is 0 Å². The van der Waals surface area contributed by atoms with Gasteiger partial charge in [-0.05, 0) is 37.0 Å². The van der Waals surface area contributed by atoms with Gasteiger partial charge in [0.2, 0.25) is 0 Å². The summed E-state index contributed by atoms with van der Waals surface area (Å²) in [6.07, 6.45) is 5.27.